The normalized spacial score (nSPS) is 15.1. The van der Waals surface area contributed by atoms with Gasteiger partial charge in [0, 0.05) is 36.3 Å². The number of carbonyl (C=O) groups is 1. The summed E-state index contributed by atoms with van der Waals surface area (Å²) in [6, 6.07) is 12.7. The number of hydrogen-bond donors (Lipinski definition) is 1. The van der Waals surface area contributed by atoms with Crippen molar-refractivity contribution in [1.82, 2.24) is 15.1 Å². The number of ether oxygens (including phenoxy) is 3. The number of nitrogens with one attached hydrogen (secondary N) is 1. The number of aromatic amines is 1. The molecule has 1 fully saturated rings. The van der Waals surface area contributed by atoms with Crippen LogP contribution in [-0.2, 0) is 4.74 Å². The van der Waals surface area contributed by atoms with Gasteiger partial charge in [-0.2, -0.15) is 10.4 Å². The molecule has 0 saturated carbocycles. The molecule has 0 atom stereocenters. The monoisotopic (exact) mass is 444 g/mol. The van der Waals surface area contributed by atoms with Crippen molar-refractivity contribution >= 4 is 5.78 Å². The molecule has 168 valence electrons. The van der Waals surface area contributed by atoms with Gasteiger partial charge in [-0.15, -0.1) is 0 Å². The van der Waals surface area contributed by atoms with Gasteiger partial charge in [-0.25, -0.2) is 0 Å². The quantitative estimate of drug-likeness (QED) is 0.437. The van der Waals surface area contributed by atoms with Crippen molar-refractivity contribution in [1.29, 1.82) is 5.26 Å². The van der Waals surface area contributed by atoms with Crippen LogP contribution in [0.15, 0.2) is 36.4 Å². The molecule has 0 spiro atoms. The summed E-state index contributed by atoms with van der Waals surface area (Å²) in [6.45, 7) is 4.93. The fraction of sp³-hybridized carbons (Fsp3) is 0.320. The highest BCUT2D eigenvalue weighted by Gasteiger charge is 2.34. The Labute approximate surface area is 191 Å². The SMILES string of the molecule is COc1cc2c(cc1OCCCN1CCOCC1)C(=O)c1c(-c3ccc(C#N)cc3)n[nH]c1-2. The van der Waals surface area contributed by atoms with Gasteiger partial charge in [0.15, 0.2) is 17.3 Å². The number of ketones is 1. The number of rotatable bonds is 7. The molecule has 5 rings (SSSR count). The maximum atomic E-state index is 13.3. The summed E-state index contributed by atoms with van der Waals surface area (Å²) in [7, 11) is 1.59. The van der Waals surface area contributed by atoms with Gasteiger partial charge in [-0.3, -0.25) is 14.8 Å². The number of aromatic nitrogens is 2. The molecule has 0 bridgehead atoms. The van der Waals surface area contributed by atoms with E-state index in [0.717, 1.165) is 50.4 Å². The smallest absolute Gasteiger partial charge is 0.198 e. The van der Waals surface area contributed by atoms with E-state index in [0.29, 0.717) is 46.2 Å². The molecule has 1 aromatic heterocycles. The third kappa shape index (κ3) is 3.97. The van der Waals surface area contributed by atoms with Crippen LogP contribution in [0.1, 0.15) is 27.9 Å². The van der Waals surface area contributed by atoms with Gasteiger partial charge in [-0.05, 0) is 30.7 Å². The van der Waals surface area contributed by atoms with Gasteiger partial charge in [0.1, 0.15) is 5.69 Å². The molecule has 0 radical (unpaired) electrons. The minimum atomic E-state index is -0.103. The van der Waals surface area contributed by atoms with Crippen molar-refractivity contribution in [2.24, 2.45) is 0 Å². The first-order chi connectivity index (χ1) is 16.2. The highest BCUT2D eigenvalue weighted by molar-refractivity contribution is 6.24. The maximum Gasteiger partial charge on any atom is 0.198 e. The van der Waals surface area contributed by atoms with Crippen LogP contribution >= 0.6 is 0 Å². The number of nitrogens with zero attached hydrogens (tertiary/aromatic N) is 3. The fourth-order valence-corrected chi connectivity index (χ4v) is 4.33. The molecule has 2 heterocycles. The minimum Gasteiger partial charge on any atom is -0.493 e. The van der Waals surface area contributed by atoms with E-state index in [-0.39, 0.29) is 5.78 Å². The van der Waals surface area contributed by atoms with Gasteiger partial charge in [0.2, 0.25) is 0 Å². The van der Waals surface area contributed by atoms with Gasteiger partial charge in [-0.1, -0.05) is 12.1 Å². The number of benzene rings is 2. The molecule has 33 heavy (non-hydrogen) atoms. The van der Waals surface area contributed by atoms with E-state index in [1.807, 2.05) is 6.07 Å². The van der Waals surface area contributed by atoms with E-state index in [1.165, 1.54) is 0 Å². The summed E-state index contributed by atoms with van der Waals surface area (Å²) >= 11 is 0. The van der Waals surface area contributed by atoms with Crippen LogP contribution < -0.4 is 9.47 Å². The Morgan fingerprint density at radius 3 is 2.64 bits per heavy atom. The number of fused-ring (bicyclic) bond motifs is 3. The lowest BCUT2D eigenvalue weighted by molar-refractivity contribution is 0.0357. The van der Waals surface area contributed by atoms with E-state index in [2.05, 4.69) is 21.2 Å². The average Bonchev–Trinajstić information content (AvgIpc) is 3.41. The zero-order valence-corrected chi connectivity index (χ0v) is 18.4. The molecule has 1 N–H and O–H groups in total. The zero-order chi connectivity index (χ0) is 22.8. The summed E-state index contributed by atoms with van der Waals surface area (Å²) in [5.74, 6) is 1.04. The Bertz CT molecular complexity index is 1220. The molecule has 8 nitrogen and oxygen atoms in total. The molecule has 2 aromatic carbocycles. The average molecular weight is 444 g/mol. The van der Waals surface area contributed by atoms with Gasteiger partial charge in [0.25, 0.3) is 0 Å². The molecular weight excluding hydrogens is 420 g/mol. The van der Waals surface area contributed by atoms with Gasteiger partial charge < -0.3 is 14.2 Å². The molecule has 1 aliphatic heterocycles. The number of methoxy groups -OCH3 is 1. The fourth-order valence-electron chi connectivity index (χ4n) is 4.33. The topological polar surface area (TPSA) is 100 Å². The van der Waals surface area contributed by atoms with Crippen LogP contribution in [0, 0.1) is 11.3 Å². The predicted octanol–water partition coefficient (Wildman–Crippen LogP) is 3.27. The third-order valence-corrected chi connectivity index (χ3v) is 6.08. The van der Waals surface area contributed by atoms with Crippen molar-refractivity contribution in [2.45, 2.75) is 6.42 Å². The number of H-pyrrole nitrogens is 1. The van der Waals surface area contributed by atoms with Crippen molar-refractivity contribution in [3.63, 3.8) is 0 Å². The van der Waals surface area contributed by atoms with E-state index >= 15 is 0 Å². The van der Waals surface area contributed by atoms with Crippen LogP contribution in [-0.4, -0.2) is 67.4 Å². The second kappa shape index (κ2) is 9.06. The van der Waals surface area contributed by atoms with Crippen molar-refractivity contribution < 1.29 is 19.0 Å². The molecule has 3 aromatic rings. The summed E-state index contributed by atoms with van der Waals surface area (Å²) in [4.78, 5) is 15.7. The zero-order valence-electron chi connectivity index (χ0n) is 18.4. The minimum absolute atomic E-state index is 0.103. The predicted molar refractivity (Wildman–Crippen MR) is 122 cm³/mol. The van der Waals surface area contributed by atoms with E-state index in [9.17, 15) is 4.79 Å². The molecule has 1 aliphatic carbocycles. The standard InChI is InChI=1S/C25H24N4O4/c1-31-20-13-18-19(14-21(20)33-10-2-7-29-8-11-32-12-9-29)25(30)22-23(27-28-24(18)22)17-5-3-16(15-26)4-6-17/h3-6,13-14H,2,7-12H2,1H3,(H,27,28). The lowest BCUT2D eigenvalue weighted by Crippen LogP contribution is -2.37. The maximum absolute atomic E-state index is 13.3. The second-order valence-electron chi connectivity index (χ2n) is 8.05. The molecular formula is C25H24N4O4. The molecule has 0 amide bonds. The largest absolute Gasteiger partial charge is 0.493 e. The highest BCUT2D eigenvalue weighted by atomic mass is 16.5. The first-order valence-electron chi connectivity index (χ1n) is 11.0. The molecule has 2 aliphatic rings. The first-order valence-corrected chi connectivity index (χ1v) is 11.0. The van der Waals surface area contributed by atoms with Crippen molar-refractivity contribution in [3.8, 4) is 40.1 Å². The van der Waals surface area contributed by atoms with E-state index in [1.54, 1.807) is 37.4 Å². The Hall–Kier alpha value is -3.67. The summed E-state index contributed by atoms with van der Waals surface area (Å²) in [6.07, 6.45) is 0.875. The number of nitriles is 1. The number of carbonyl (C=O) groups excluding carboxylic acids is 1. The molecule has 8 heteroatoms. The number of morpholine rings is 1. The Morgan fingerprint density at radius 2 is 1.91 bits per heavy atom. The van der Waals surface area contributed by atoms with E-state index < -0.39 is 0 Å². The van der Waals surface area contributed by atoms with Crippen LogP contribution in [0.2, 0.25) is 0 Å². The van der Waals surface area contributed by atoms with Crippen LogP contribution in [0.5, 0.6) is 11.5 Å². The second-order valence-corrected chi connectivity index (χ2v) is 8.05. The Morgan fingerprint density at radius 1 is 1.15 bits per heavy atom. The van der Waals surface area contributed by atoms with Crippen LogP contribution in [0.4, 0.5) is 0 Å². The van der Waals surface area contributed by atoms with Crippen molar-refractivity contribution in [3.05, 3.63) is 53.1 Å². The Kier molecular flexibility index (Phi) is 5.82. The van der Waals surface area contributed by atoms with Crippen LogP contribution in [0.3, 0.4) is 0 Å². The van der Waals surface area contributed by atoms with Gasteiger partial charge in [0.05, 0.1) is 49.8 Å². The third-order valence-electron chi connectivity index (χ3n) is 6.08. The lowest BCUT2D eigenvalue weighted by atomic mass is 10.0. The van der Waals surface area contributed by atoms with E-state index in [4.69, 9.17) is 19.5 Å². The lowest BCUT2D eigenvalue weighted by Gasteiger charge is -2.26. The Balaban J connectivity index is 1.36. The summed E-state index contributed by atoms with van der Waals surface area (Å²) < 4.78 is 17.0. The van der Waals surface area contributed by atoms with Gasteiger partial charge >= 0.3 is 0 Å². The highest BCUT2D eigenvalue weighted by Crippen LogP contribution is 2.44. The molecule has 0 unspecified atom stereocenters. The summed E-state index contributed by atoms with van der Waals surface area (Å²) in [5, 5.41) is 16.4. The summed E-state index contributed by atoms with van der Waals surface area (Å²) in [5.41, 5.74) is 4.42. The molecule has 1 saturated heterocycles. The first kappa shape index (κ1) is 21.2. The number of hydrogen-bond acceptors (Lipinski definition) is 7. The van der Waals surface area contributed by atoms with Crippen molar-refractivity contribution in [2.75, 3.05) is 46.6 Å². The van der Waals surface area contributed by atoms with Crippen LogP contribution in [0.25, 0.3) is 22.5 Å².